The van der Waals surface area contributed by atoms with E-state index < -0.39 is 5.82 Å². The summed E-state index contributed by atoms with van der Waals surface area (Å²) in [7, 11) is 0. The van der Waals surface area contributed by atoms with Gasteiger partial charge in [-0.1, -0.05) is 11.6 Å². The van der Waals surface area contributed by atoms with Crippen molar-refractivity contribution in [2.24, 2.45) is 0 Å². The minimum atomic E-state index is -0.427. The molecule has 0 N–H and O–H groups in total. The fraction of sp³-hybridized carbons (Fsp3) is 0.111. The summed E-state index contributed by atoms with van der Waals surface area (Å²) >= 11 is 5.68. The van der Waals surface area contributed by atoms with Gasteiger partial charge in [-0.15, -0.1) is 10.2 Å². The van der Waals surface area contributed by atoms with E-state index in [4.69, 9.17) is 16.0 Å². The number of rotatable bonds is 1. The van der Waals surface area contributed by atoms with Crippen molar-refractivity contribution in [2.45, 2.75) is 6.92 Å². The second kappa shape index (κ2) is 3.38. The molecule has 0 spiro atoms. The molecule has 0 amide bonds. The second-order valence-corrected chi connectivity index (χ2v) is 3.22. The Morgan fingerprint density at radius 3 is 2.64 bits per heavy atom. The predicted octanol–water partition coefficient (Wildman–Crippen LogP) is 2.84. The van der Waals surface area contributed by atoms with Crippen LogP contribution in [0, 0.1) is 12.7 Å². The number of aryl methyl sites for hydroxylation is 1. The monoisotopic (exact) mass is 212 g/mol. The Bertz CT molecular complexity index is 449. The van der Waals surface area contributed by atoms with Crippen molar-refractivity contribution in [3.63, 3.8) is 0 Å². The molecule has 0 aliphatic heterocycles. The number of hydrogen-bond donors (Lipinski definition) is 0. The summed E-state index contributed by atoms with van der Waals surface area (Å²) in [6, 6.07) is 4.07. The van der Waals surface area contributed by atoms with Crippen molar-refractivity contribution in [1.82, 2.24) is 10.2 Å². The molecule has 3 nitrogen and oxygen atoms in total. The van der Waals surface area contributed by atoms with Gasteiger partial charge in [-0.2, -0.15) is 0 Å². The van der Waals surface area contributed by atoms with Gasteiger partial charge in [-0.05, 0) is 18.2 Å². The van der Waals surface area contributed by atoms with Gasteiger partial charge in [-0.25, -0.2) is 4.39 Å². The highest BCUT2D eigenvalue weighted by molar-refractivity contribution is 6.30. The lowest BCUT2D eigenvalue weighted by atomic mass is 10.2. The topological polar surface area (TPSA) is 38.9 Å². The van der Waals surface area contributed by atoms with Gasteiger partial charge in [0.2, 0.25) is 11.8 Å². The van der Waals surface area contributed by atoms with Crippen LogP contribution in [-0.2, 0) is 0 Å². The molecule has 14 heavy (non-hydrogen) atoms. The van der Waals surface area contributed by atoms with Crippen LogP contribution in [0.15, 0.2) is 22.6 Å². The number of benzene rings is 1. The van der Waals surface area contributed by atoms with Crippen LogP contribution < -0.4 is 0 Å². The van der Waals surface area contributed by atoms with Crippen molar-refractivity contribution in [3.8, 4) is 11.5 Å². The highest BCUT2D eigenvalue weighted by atomic mass is 35.5. The van der Waals surface area contributed by atoms with E-state index in [9.17, 15) is 4.39 Å². The summed E-state index contributed by atoms with van der Waals surface area (Å²) in [5.74, 6) is 0.271. The standard InChI is InChI=1S/C9H6ClFN2O/c1-5-12-13-9(14-5)6-2-7(10)4-8(11)3-6/h2-4H,1H3. The van der Waals surface area contributed by atoms with E-state index >= 15 is 0 Å². The Balaban J connectivity index is 2.51. The zero-order valence-electron chi connectivity index (χ0n) is 7.29. The van der Waals surface area contributed by atoms with Crippen molar-refractivity contribution < 1.29 is 8.81 Å². The molecular weight excluding hydrogens is 207 g/mol. The van der Waals surface area contributed by atoms with Crippen LogP contribution in [0.3, 0.4) is 0 Å². The second-order valence-electron chi connectivity index (χ2n) is 2.78. The Morgan fingerprint density at radius 2 is 2.07 bits per heavy atom. The van der Waals surface area contributed by atoms with E-state index in [0.29, 0.717) is 16.5 Å². The lowest BCUT2D eigenvalue weighted by Gasteiger charge is -1.96. The number of hydrogen-bond acceptors (Lipinski definition) is 3. The van der Waals surface area contributed by atoms with Gasteiger partial charge < -0.3 is 4.42 Å². The predicted molar refractivity (Wildman–Crippen MR) is 49.4 cm³/mol. The molecule has 2 aromatic rings. The van der Waals surface area contributed by atoms with Crippen LogP contribution in [0.2, 0.25) is 5.02 Å². The number of nitrogens with zero attached hydrogens (tertiary/aromatic N) is 2. The molecule has 0 bridgehead atoms. The molecule has 0 saturated heterocycles. The molecule has 1 aromatic heterocycles. The highest BCUT2D eigenvalue weighted by Crippen LogP contribution is 2.22. The molecule has 1 heterocycles. The molecule has 0 unspecified atom stereocenters. The molecule has 0 radical (unpaired) electrons. The van der Waals surface area contributed by atoms with Crippen molar-refractivity contribution in [3.05, 3.63) is 34.9 Å². The van der Waals surface area contributed by atoms with Crippen molar-refractivity contribution >= 4 is 11.6 Å². The van der Waals surface area contributed by atoms with Crippen LogP contribution in [0.5, 0.6) is 0 Å². The maximum atomic E-state index is 12.9. The summed E-state index contributed by atoms with van der Waals surface area (Å²) in [5, 5.41) is 7.70. The van der Waals surface area contributed by atoms with Crippen LogP contribution in [0.1, 0.15) is 5.89 Å². The number of aromatic nitrogens is 2. The SMILES string of the molecule is Cc1nnc(-c2cc(F)cc(Cl)c2)o1. The fourth-order valence-electron chi connectivity index (χ4n) is 1.09. The largest absolute Gasteiger partial charge is 0.421 e. The van der Waals surface area contributed by atoms with Gasteiger partial charge in [0.15, 0.2) is 0 Å². The summed E-state index contributed by atoms with van der Waals surface area (Å²) in [4.78, 5) is 0. The van der Waals surface area contributed by atoms with Gasteiger partial charge in [0.1, 0.15) is 5.82 Å². The normalized spacial score (nSPS) is 10.5. The van der Waals surface area contributed by atoms with Gasteiger partial charge in [0.25, 0.3) is 0 Å². The summed E-state index contributed by atoms with van der Waals surface area (Å²) in [6.07, 6.45) is 0. The Morgan fingerprint density at radius 1 is 1.29 bits per heavy atom. The molecule has 1 aromatic carbocycles. The van der Waals surface area contributed by atoms with Gasteiger partial charge in [0.05, 0.1) is 0 Å². The first-order valence-electron chi connectivity index (χ1n) is 3.92. The third-order valence-corrected chi connectivity index (χ3v) is 1.85. The summed E-state index contributed by atoms with van der Waals surface area (Å²) in [6.45, 7) is 1.66. The van der Waals surface area contributed by atoms with E-state index in [2.05, 4.69) is 10.2 Å². The number of halogens is 2. The Labute approximate surface area is 84.5 Å². The smallest absolute Gasteiger partial charge is 0.247 e. The third kappa shape index (κ3) is 1.75. The Kier molecular flexibility index (Phi) is 2.21. The highest BCUT2D eigenvalue weighted by Gasteiger charge is 2.07. The molecule has 0 atom stereocenters. The van der Waals surface area contributed by atoms with Crippen LogP contribution >= 0.6 is 11.6 Å². The molecule has 72 valence electrons. The Hall–Kier alpha value is -1.42. The van der Waals surface area contributed by atoms with Crippen molar-refractivity contribution in [1.29, 1.82) is 0 Å². The first kappa shape index (κ1) is 9.15. The average molecular weight is 213 g/mol. The minimum absolute atomic E-state index is 0.268. The lowest BCUT2D eigenvalue weighted by molar-refractivity contribution is 0.532. The maximum absolute atomic E-state index is 12.9. The van der Waals surface area contributed by atoms with E-state index in [1.165, 1.54) is 12.1 Å². The zero-order valence-corrected chi connectivity index (χ0v) is 8.05. The van der Waals surface area contributed by atoms with Gasteiger partial charge in [-0.3, -0.25) is 0 Å². The third-order valence-electron chi connectivity index (χ3n) is 1.64. The maximum Gasteiger partial charge on any atom is 0.247 e. The molecule has 0 aliphatic rings. The first-order chi connectivity index (χ1) is 6.65. The van der Waals surface area contributed by atoms with Crippen LogP contribution in [-0.4, -0.2) is 10.2 Å². The summed E-state index contributed by atoms with van der Waals surface area (Å²) in [5.41, 5.74) is 0.482. The van der Waals surface area contributed by atoms with Gasteiger partial charge in [0, 0.05) is 17.5 Å². The van der Waals surface area contributed by atoms with Gasteiger partial charge >= 0.3 is 0 Å². The van der Waals surface area contributed by atoms with Crippen LogP contribution in [0.4, 0.5) is 4.39 Å². The molecule has 0 fully saturated rings. The van der Waals surface area contributed by atoms with Crippen LogP contribution in [0.25, 0.3) is 11.5 Å². The van der Waals surface area contributed by atoms with E-state index in [0.717, 1.165) is 0 Å². The molecule has 5 heteroatoms. The molecule has 2 rings (SSSR count). The average Bonchev–Trinajstić information content (AvgIpc) is 2.50. The fourth-order valence-corrected chi connectivity index (χ4v) is 1.31. The zero-order chi connectivity index (χ0) is 10.1. The lowest BCUT2D eigenvalue weighted by Crippen LogP contribution is -1.81. The first-order valence-corrected chi connectivity index (χ1v) is 4.29. The van der Waals surface area contributed by atoms with E-state index in [-0.39, 0.29) is 5.89 Å². The quantitative estimate of drug-likeness (QED) is 0.730. The summed E-state index contributed by atoms with van der Waals surface area (Å²) < 4.78 is 18.1. The van der Waals surface area contributed by atoms with E-state index in [1.807, 2.05) is 0 Å². The molecular formula is C9H6ClFN2O. The minimum Gasteiger partial charge on any atom is -0.421 e. The molecule has 0 saturated carbocycles. The van der Waals surface area contributed by atoms with E-state index in [1.54, 1.807) is 13.0 Å². The van der Waals surface area contributed by atoms with Crippen molar-refractivity contribution in [2.75, 3.05) is 0 Å². The molecule has 0 aliphatic carbocycles.